The second-order valence-electron chi connectivity index (χ2n) is 6.40. The molecule has 112 valence electrons. The Morgan fingerprint density at radius 2 is 2.10 bits per heavy atom. The van der Waals surface area contributed by atoms with Crippen molar-refractivity contribution < 1.29 is 4.74 Å². The number of unbranched alkanes of at least 4 members (excludes halogenated alkanes) is 1. The Kier molecular flexibility index (Phi) is 5.47. The van der Waals surface area contributed by atoms with Crippen molar-refractivity contribution in [3.05, 3.63) is 29.8 Å². The fourth-order valence-corrected chi connectivity index (χ4v) is 3.38. The Balaban J connectivity index is 2.07. The van der Waals surface area contributed by atoms with E-state index in [1.54, 1.807) is 0 Å². The zero-order valence-corrected chi connectivity index (χ0v) is 13.0. The molecule has 20 heavy (non-hydrogen) atoms. The summed E-state index contributed by atoms with van der Waals surface area (Å²) in [7, 11) is 0. The van der Waals surface area contributed by atoms with Crippen LogP contribution in [-0.2, 0) is 6.42 Å². The SMILES string of the molecule is CCCCC(CC)CC1(CN)COc2ccccc2C1. The number of hydrogen-bond donors (Lipinski definition) is 1. The largest absolute Gasteiger partial charge is 0.493 e. The fraction of sp³-hybridized carbons (Fsp3) is 0.667. The summed E-state index contributed by atoms with van der Waals surface area (Å²) in [5.41, 5.74) is 7.62. The maximum Gasteiger partial charge on any atom is 0.122 e. The predicted octanol–water partition coefficient (Wildman–Crippen LogP) is 4.17. The van der Waals surface area contributed by atoms with Crippen LogP contribution in [0.3, 0.4) is 0 Å². The van der Waals surface area contributed by atoms with Crippen molar-refractivity contribution in [2.24, 2.45) is 17.1 Å². The van der Waals surface area contributed by atoms with Crippen LogP contribution in [0.2, 0.25) is 0 Å². The lowest BCUT2D eigenvalue weighted by Gasteiger charge is -2.39. The van der Waals surface area contributed by atoms with Gasteiger partial charge in [0.15, 0.2) is 0 Å². The maximum absolute atomic E-state index is 6.15. The highest BCUT2D eigenvalue weighted by atomic mass is 16.5. The van der Waals surface area contributed by atoms with Crippen molar-refractivity contribution >= 4 is 0 Å². The first-order chi connectivity index (χ1) is 9.73. The van der Waals surface area contributed by atoms with Gasteiger partial charge in [-0.05, 0) is 30.4 Å². The van der Waals surface area contributed by atoms with Crippen LogP contribution in [0, 0.1) is 11.3 Å². The van der Waals surface area contributed by atoms with E-state index in [4.69, 9.17) is 10.5 Å². The van der Waals surface area contributed by atoms with Gasteiger partial charge in [-0.15, -0.1) is 0 Å². The number of nitrogens with two attached hydrogens (primary N) is 1. The Morgan fingerprint density at radius 3 is 2.80 bits per heavy atom. The Labute approximate surface area is 123 Å². The summed E-state index contributed by atoms with van der Waals surface area (Å²) in [6.07, 6.45) is 7.47. The van der Waals surface area contributed by atoms with Gasteiger partial charge in [0, 0.05) is 12.0 Å². The number of rotatable bonds is 7. The average molecular weight is 275 g/mol. The monoisotopic (exact) mass is 275 g/mol. The van der Waals surface area contributed by atoms with E-state index < -0.39 is 0 Å². The van der Waals surface area contributed by atoms with E-state index in [-0.39, 0.29) is 5.41 Å². The molecule has 0 saturated carbocycles. The molecule has 1 aromatic carbocycles. The highest BCUT2D eigenvalue weighted by Crippen LogP contribution is 2.39. The Hall–Kier alpha value is -1.02. The van der Waals surface area contributed by atoms with Gasteiger partial charge in [0.05, 0.1) is 6.61 Å². The minimum Gasteiger partial charge on any atom is -0.493 e. The van der Waals surface area contributed by atoms with E-state index in [9.17, 15) is 0 Å². The van der Waals surface area contributed by atoms with Gasteiger partial charge in [-0.2, -0.15) is 0 Å². The van der Waals surface area contributed by atoms with Crippen molar-refractivity contribution in [2.45, 2.75) is 52.4 Å². The standard InChI is InChI=1S/C18H29NO/c1-3-5-8-15(4-2)11-18(13-19)12-16-9-6-7-10-17(16)20-14-18/h6-7,9-10,15H,3-5,8,11-14,19H2,1-2H3. The van der Waals surface area contributed by atoms with Crippen molar-refractivity contribution in [1.29, 1.82) is 0 Å². The van der Waals surface area contributed by atoms with Crippen LogP contribution in [0.5, 0.6) is 5.75 Å². The molecule has 0 bridgehead atoms. The molecule has 0 radical (unpaired) electrons. The predicted molar refractivity (Wildman–Crippen MR) is 85.1 cm³/mol. The molecule has 0 aliphatic carbocycles. The Bertz CT molecular complexity index is 418. The fourth-order valence-electron chi connectivity index (χ4n) is 3.38. The van der Waals surface area contributed by atoms with Gasteiger partial charge in [0.2, 0.25) is 0 Å². The quantitative estimate of drug-likeness (QED) is 0.810. The van der Waals surface area contributed by atoms with Gasteiger partial charge in [0.1, 0.15) is 5.75 Å². The molecule has 2 rings (SSSR count). The van der Waals surface area contributed by atoms with E-state index in [0.29, 0.717) is 0 Å². The summed E-state index contributed by atoms with van der Waals surface area (Å²) in [5, 5.41) is 0. The average Bonchev–Trinajstić information content (AvgIpc) is 2.51. The first kappa shape index (κ1) is 15.4. The minimum absolute atomic E-state index is 0.142. The van der Waals surface area contributed by atoms with Crippen LogP contribution in [0.15, 0.2) is 24.3 Å². The van der Waals surface area contributed by atoms with Crippen LogP contribution in [0.4, 0.5) is 0 Å². The molecular weight excluding hydrogens is 246 g/mol. The summed E-state index contributed by atoms with van der Waals surface area (Å²) < 4.78 is 6.00. The molecule has 1 aliphatic heterocycles. The number of ether oxygens (including phenoxy) is 1. The van der Waals surface area contributed by atoms with Crippen molar-refractivity contribution in [3.8, 4) is 5.75 Å². The summed E-state index contributed by atoms with van der Waals surface area (Å²) in [5.74, 6) is 1.84. The van der Waals surface area contributed by atoms with E-state index >= 15 is 0 Å². The lowest BCUT2D eigenvalue weighted by molar-refractivity contribution is 0.0942. The van der Waals surface area contributed by atoms with Gasteiger partial charge in [-0.3, -0.25) is 0 Å². The zero-order valence-electron chi connectivity index (χ0n) is 13.0. The van der Waals surface area contributed by atoms with Gasteiger partial charge < -0.3 is 10.5 Å². The molecule has 2 unspecified atom stereocenters. The van der Waals surface area contributed by atoms with Crippen molar-refractivity contribution in [3.63, 3.8) is 0 Å². The van der Waals surface area contributed by atoms with Crippen molar-refractivity contribution in [1.82, 2.24) is 0 Å². The van der Waals surface area contributed by atoms with E-state index in [0.717, 1.165) is 31.2 Å². The molecule has 1 heterocycles. The third-order valence-corrected chi connectivity index (χ3v) is 4.77. The van der Waals surface area contributed by atoms with Crippen LogP contribution in [0.25, 0.3) is 0 Å². The summed E-state index contributed by atoms with van der Waals surface area (Å²) in [4.78, 5) is 0. The number of benzene rings is 1. The highest BCUT2D eigenvalue weighted by Gasteiger charge is 2.36. The lowest BCUT2D eigenvalue weighted by Crippen LogP contribution is -2.42. The smallest absolute Gasteiger partial charge is 0.122 e. The molecule has 2 nitrogen and oxygen atoms in total. The summed E-state index contributed by atoms with van der Waals surface area (Å²) in [6, 6.07) is 8.41. The first-order valence-corrected chi connectivity index (χ1v) is 8.14. The molecule has 2 heteroatoms. The molecule has 0 fully saturated rings. The van der Waals surface area contributed by atoms with Crippen molar-refractivity contribution in [2.75, 3.05) is 13.2 Å². The van der Waals surface area contributed by atoms with Gasteiger partial charge in [0.25, 0.3) is 0 Å². The van der Waals surface area contributed by atoms with Gasteiger partial charge >= 0.3 is 0 Å². The minimum atomic E-state index is 0.142. The molecule has 1 aromatic rings. The molecule has 0 amide bonds. The number of para-hydroxylation sites is 1. The van der Waals surface area contributed by atoms with Crippen LogP contribution >= 0.6 is 0 Å². The van der Waals surface area contributed by atoms with Gasteiger partial charge in [-0.25, -0.2) is 0 Å². The van der Waals surface area contributed by atoms with Crippen LogP contribution in [-0.4, -0.2) is 13.2 Å². The number of fused-ring (bicyclic) bond motifs is 1. The molecular formula is C18H29NO. The third-order valence-electron chi connectivity index (χ3n) is 4.77. The summed E-state index contributed by atoms with van der Waals surface area (Å²) in [6.45, 7) is 6.08. The molecule has 0 saturated heterocycles. The molecule has 0 spiro atoms. The van der Waals surface area contributed by atoms with E-state index in [2.05, 4.69) is 32.0 Å². The summed E-state index contributed by atoms with van der Waals surface area (Å²) >= 11 is 0. The van der Waals surface area contributed by atoms with Crippen LogP contribution < -0.4 is 10.5 Å². The number of hydrogen-bond acceptors (Lipinski definition) is 2. The molecule has 0 aromatic heterocycles. The first-order valence-electron chi connectivity index (χ1n) is 8.14. The molecule has 2 N–H and O–H groups in total. The Morgan fingerprint density at radius 1 is 1.30 bits per heavy atom. The maximum atomic E-state index is 6.15. The highest BCUT2D eigenvalue weighted by molar-refractivity contribution is 5.36. The lowest BCUT2D eigenvalue weighted by atomic mass is 9.72. The zero-order chi connectivity index (χ0) is 14.4. The second kappa shape index (κ2) is 7.12. The van der Waals surface area contributed by atoms with Crippen LogP contribution in [0.1, 0.15) is 51.5 Å². The second-order valence-corrected chi connectivity index (χ2v) is 6.40. The molecule has 2 atom stereocenters. The van der Waals surface area contributed by atoms with E-state index in [1.165, 1.54) is 37.7 Å². The topological polar surface area (TPSA) is 35.2 Å². The van der Waals surface area contributed by atoms with Gasteiger partial charge in [-0.1, -0.05) is 57.7 Å². The third kappa shape index (κ3) is 3.54. The van der Waals surface area contributed by atoms with E-state index in [1.807, 2.05) is 6.07 Å². The molecule has 1 aliphatic rings. The normalized spacial score (nSPS) is 22.9.